The van der Waals surface area contributed by atoms with E-state index < -0.39 is 5.82 Å². The van der Waals surface area contributed by atoms with E-state index in [4.69, 9.17) is 0 Å². The molecule has 2 aromatic rings. The summed E-state index contributed by atoms with van der Waals surface area (Å²) in [4.78, 5) is 14.2. The number of carbonyl (C=O) groups excluding carboxylic acids is 1. The van der Waals surface area contributed by atoms with Gasteiger partial charge in [-0.1, -0.05) is 42.5 Å². The summed E-state index contributed by atoms with van der Waals surface area (Å²) in [6.07, 6.45) is 0. The van der Waals surface area contributed by atoms with Crippen LogP contribution in [0.4, 0.5) is 4.39 Å². The number of hydrogen-bond donors (Lipinski definition) is 0. The van der Waals surface area contributed by atoms with Gasteiger partial charge in [0.15, 0.2) is 0 Å². The molecule has 0 bridgehead atoms. The predicted octanol–water partition coefficient (Wildman–Crippen LogP) is 3.88. The van der Waals surface area contributed by atoms with Gasteiger partial charge in [-0.3, -0.25) is 4.79 Å². The average molecular weight is 271 g/mol. The van der Waals surface area contributed by atoms with Crippen molar-refractivity contribution >= 4 is 5.91 Å². The zero-order valence-electron chi connectivity index (χ0n) is 11.7. The molecule has 1 amide bonds. The highest BCUT2D eigenvalue weighted by Gasteiger charge is 2.21. The topological polar surface area (TPSA) is 20.3 Å². The van der Waals surface area contributed by atoms with Crippen LogP contribution in [0.5, 0.6) is 0 Å². The lowest BCUT2D eigenvalue weighted by Crippen LogP contribution is -2.36. The van der Waals surface area contributed by atoms with E-state index >= 15 is 0 Å². The zero-order chi connectivity index (χ0) is 14.5. The Balaban J connectivity index is 2.25. The third-order valence-electron chi connectivity index (χ3n) is 3.18. The number of hydrogen-bond acceptors (Lipinski definition) is 1. The van der Waals surface area contributed by atoms with E-state index in [1.807, 2.05) is 44.2 Å². The second-order valence-electron chi connectivity index (χ2n) is 4.99. The van der Waals surface area contributed by atoms with Crippen LogP contribution >= 0.6 is 0 Å². The Kier molecular flexibility index (Phi) is 4.51. The summed E-state index contributed by atoms with van der Waals surface area (Å²) in [6.45, 7) is 4.34. The van der Waals surface area contributed by atoms with Crippen molar-refractivity contribution in [2.45, 2.75) is 26.4 Å². The minimum Gasteiger partial charge on any atom is -0.332 e. The molecule has 0 heterocycles. The third kappa shape index (κ3) is 3.23. The van der Waals surface area contributed by atoms with E-state index in [0.29, 0.717) is 6.54 Å². The van der Waals surface area contributed by atoms with Gasteiger partial charge in [-0.15, -0.1) is 0 Å². The van der Waals surface area contributed by atoms with Gasteiger partial charge in [0.25, 0.3) is 5.91 Å². The van der Waals surface area contributed by atoms with Gasteiger partial charge in [-0.25, -0.2) is 4.39 Å². The fraction of sp³-hybridized carbons (Fsp3) is 0.235. The van der Waals surface area contributed by atoms with Gasteiger partial charge in [-0.2, -0.15) is 0 Å². The van der Waals surface area contributed by atoms with E-state index in [1.165, 1.54) is 12.1 Å². The Morgan fingerprint density at radius 3 is 2.25 bits per heavy atom. The van der Waals surface area contributed by atoms with Crippen molar-refractivity contribution in [1.29, 1.82) is 0 Å². The fourth-order valence-electron chi connectivity index (χ4n) is 2.06. The largest absolute Gasteiger partial charge is 0.332 e. The van der Waals surface area contributed by atoms with Gasteiger partial charge >= 0.3 is 0 Å². The minimum absolute atomic E-state index is 0.00214. The molecule has 20 heavy (non-hydrogen) atoms. The van der Waals surface area contributed by atoms with Crippen LogP contribution in [0.1, 0.15) is 29.8 Å². The summed E-state index contributed by atoms with van der Waals surface area (Å²) in [5, 5.41) is 0. The number of nitrogens with zero attached hydrogens (tertiary/aromatic N) is 1. The maximum atomic E-state index is 13.8. The molecule has 2 rings (SSSR count). The Bertz CT molecular complexity index is 581. The van der Waals surface area contributed by atoms with Crippen LogP contribution in [0.2, 0.25) is 0 Å². The summed E-state index contributed by atoms with van der Waals surface area (Å²) >= 11 is 0. The van der Waals surface area contributed by atoms with E-state index in [9.17, 15) is 9.18 Å². The quantitative estimate of drug-likeness (QED) is 0.826. The number of benzene rings is 2. The molecule has 0 N–H and O–H groups in total. The molecule has 104 valence electrons. The summed E-state index contributed by atoms with van der Waals surface area (Å²) in [7, 11) is 0. The summed E-state index contributed by atoms with van der Waals surface area (Å²) in [6, 6.07) is 15.8. The molecule has 0 aromatic heterocycles. The molecule has 0 radical (unpaired) electrons. The average Bonchev–Trinajstić information content (AvgIpc) is 2.45. The van der Waals surface area contributed by atoms with Gasteiger partial charge in [-0.05, 0) is 31.5 Å². The zero-order valence-corrected chi connectivity index (χ0v) is 11.7. The minimum atomic E-state index is -0.476. The van der Waals surface area contributed by atoms with Crippen LogP contribution in [0, 0.1) is 5.82 Å². The molecule has 2 nitrogen and oxygen atoms in total. The molecule has 0 aliphatic rings. The Hall–Kier alpha value is -2.16. The molecule has 0 aliphatic carbocycles. The van der Waals surface area contributed by atoms with E-state index in [1.54, 1.807) is 17.0 Å². The van der Waals surface area contributed by atoms with Gasteiger partial charge in [0, 0.05) is 12.6 Å². The van der Waals surface area contributed by atoms with Crippen LogP contribution in [0.3, 0.4) is 0 Å². The maximum absolute atomic E-state index is 13.8. The summed E-state index contributed by atoms with van der Waals surface area (Å²) in [5.41, 5.74) is 1.16. The third-order valence-corrected chi connectivity index (χ3v) is 3.18. The monoisotopic (exact) mass is 271 g/mol. The Morgan fingerprint density at radius 2 is 1.65 bits per heavy atom. The van der Waals surface area contributed by atoms with E-state index in [-0.39, 0.29) is 17.5 Å². The summed E-state index contributed by atoms with van der Waals surface area (Å²) < 4.78 is 13.8. The van der Waals surface area contributed by atoms with Crippen LogP contribution in [-0.4, -0.2) is 16.8 Å². The van der Waals surface area contributed by atoms with Crippen molar-refractivity contribution in [1.82, 2.24) is 4.90 Å². The lowest BCUT2D eigenvalue weighted by atomic mass is 10.1. The standard InChI is InChI=1S/C17H18FNO/c1-13(2)19(12-14-8-4-3-5-9-14)17(20)15-10-6-7-11-16(15)18/h3-11,13H,12H2,1-2H3. The van der Waals surface area contributed by atoms with Crippen molar-refractivity contribution in [2.24, 2.45) is 0 Å². The van der Waals surface area contributed by atoms with Crippen LogP contribution < -0.4 is 0 Å². The molecule has 0 fully saturated rings. The number of carbonyl (C=O) groups is 1. The van der Waals surface area contributed by atoms with Crippen molar-refractivity contribution in [3.05, 3.63) is 71.5 Å². The first-order chi connectivity index (χ1) is 9.59. The van der Waals surface area contributed by atoms with Gasteiger partial charge in [0.1, 0.15) is 5.82 Å². The second kappa shape index (κ2) is 6.33. The number of rotatable bonds is 4. The first kappa shape index (κ1) is 14.3. The first-order valence-corrected chi connectivity index (χ1v) is 6.69. The van der Waals surface area contributed by atoms with Crippen molar-refractivity contribution in [3.63, 3.8) is 0 Å². The molecule has 0 aliphatic heterocycles. The molecule has 0 saturated carbocycles. The highest BCUT2D eigenvalue weighted by atomic mass is 19.1. The van der Waals surface area contributed by atoms with Gasteiger partial charge in [0.05, 0.1) is 5.56 Å². The molecular formula is C17H18FNO. The molecule has 2 aromatic carbocycles. The molecule has 3 heteroatoms. The maximum Gasteiger partial charge on any atom is 0.257 e. The smallest absolute Gasteiger partial charge is 0.257 e. The second-order valence-corrected chi connectivity index (χ2v) is 4.99. The lowest BCUT2D eigenvalue weighted by Gasteiger charge is -2.27. The fourth-order valence-corrected chi connectivity index (χ4v) is 2.06. The highest BCUT2D eigenvalue weighted by molar-refractivity contribution is 5.94. The molecular weight excluding hydrogens is 253 g/mol. The highest BCUT2D eigenvalue weighted by Crippen LogP contribution is 2.15. The predicted molar refractivity (Wildman–Crippen MR) is 77.9 cm³/mol. The van der Waals surface area contributed by atoms with Gasteiger partial charge < -0.3 is 4.90 Å². The molecule has 0 atom stereocenters. The van der Waals surface area contributed by atoms with Crippen molar-refractivity contribution < 1.29 is 9.18 Å². The van der Waals surface area contributed by atoms with E-state index in [0.717, 1.165) is 5.56 Å². The van der Waals surface area contributed by atoms with Crippen LogP contribution in [0.15, 0.2) is 54.6 Å². The van der Waals surface area contributed by atoms with Crippen LogP contribution in [-0.2, 0) is 6.54 Å². The van der Waals surface area contributed by atoms with Crippen molar-refractivity contribution in [3.8, 4) is 0 Å². The van der Waals surface area contributed by atoms with E-state index in [2.05, 4.69) is 0 Å². The van der Waals surface area contributed by atoms with Crippen LogP contribution in [0.25, 0.3) is 0 Å². The molecule has 0 unspecified atom stereocenters. The normalized spacial score (nSPS) is 10.6. The molecule has 0 spiro atoms. The number of halogens is 1. The Labute approximate surface area is 118 Å². The Morgan fingerprint density at radius 1 is 1.05 bits per heavy atom. The summed E-state index contributed by atoms with van der Waals surface area (Å²) in [5.74, 6) is -0.752. The van der Waals surface area contributed by atoms with Crippen molar-refractivity contribution in [2.75, 3.05) is 0 Å². The molecule has 0 saturated heterocycles. The lowest BCUT2D eigenvalue weighted by molar-refractivity contribution is 0.0685. The SMILES string of the molecule is CC(C)N(Cc1ccccc1)C(=O)c1ccccc1F. The first-order valence-electron chi connectivity index (χ1n) is 6.69. The number of amides is 1. The van der Waals surface area contributed by atoms with Gasteiger partial charge in [0.2, 0.25) is 0 Å².